The lowest BCUT2D eigenvalue weighted by Crippen LogP contribution is -2.53. The third kappa shape index (κ3) is 2.49. The molecule has 2 unspecified atom stereocenters. The lowest BCUT2D eigenvalue weighted by Gasteiger charge is -2.51. The van der Waals surface area contributed by atoms with Crippen molar-refractivity contribution in [1.29, 1.82) is 0 Å². The molecule has 1 rings (SSSR count). The summed E-state index contributed by atoms with van der Waals surface area (Å²) >= 11 is 0. The fourth-order valence-electron chi connectivity index (χ4n) is 3.64. The summed E-state index contributed by atoms with van der Waals surface area (Å²) in [6, 6.07) is 0. The van der Waals surface area contributed by atoms with E-state index in [1.807, 2.05) is 13.0 Å². The maximum Gasteiger partial charge on any atom is 0.0915 e. The molecular formula is C16H28O. The summed E-state index contributed by atoms with van der Waals surface area (Å²) in [7, 11) is 0. The number of rotatable bonds is 4. The van der Waals surface area contributed by atoms with Gasteiger partial charge in [0.05, 0.1) is 5.60 Å². The molecule has 0 amide bonds. The van der Waals surface area contributed by atoms with E-state index in [0.29, 0.717) is 17.8 Å². The molecule has 0 saturated heterocycles. The third-order valence-electron chi connectivity index (χ3n) is 4.66. The van der Waals surface area contributed by atoms with E-state index in [9.17, 15) is 5.11 Å². The summed E-state index contributed by atoms with van der Waals surface area (Å²) in [5.74, 6) is 1.65. The van der Waals surface area contributed by atoms with E-state index in [1.165, 1.54) is 6.42 Å². The average molecular weight is 236 g/mol. The Bertz CT molecular complexity index is 292. The van der Waals surface area contributed by atoms with Crippen molar-refractivity contribution in [3.8, 4) is 0 Å². The van der Waals surface area contributed by atoms with Crippen LogP contribution in [0.1, 0.15) is 47.0 Å². The Kier molecular flexibility index (Phi) is 4.60. The molecule has 4 atom stereocenters. The monoisotopic (exact) mass is 236 g/mol. The van der Waals surface area contributed by atoms with E-state index >= 15 is 0 Å². The molecule has 1 aliphatic carbocycles. The topological polar surface area (TPSA) is 20.2 Å². The number of hydrogen-bond acceptors (Lipinski definition) is 1. The zero-order valence-corrected chi connectivity index (χ0v) is 11.9. The predicted octanol–water partition coefficient (Wildman–Crippen LogP) is 4.19. The van der Waals surface area contributed by atoms with Gasteiger partial charge >= 0.3 is 0 Å². The Morgan fingerprint density at radius 2 is 2.06 bits per heavy atom. The van der Waals surface area contributed by atoms with Gasteiger partial charge in [0.2, 0.25) is 0 Å². The first-order chi connectivity index (χ1) is 7.85. The van der Waals surface area contributed by atoms with Crippen LogP contribution in [0.25, 0.3) is 0 Å². The first kappa shape index (κ1) is 14.5. The van der Waals surface area contributed by atoms with Crippen molar-refractivity contribution in [2.45, 2.75) is 52.6 Å². The second kappa shape index (κ2) is 5.39. The van der Waals surface area contributed by atoms with Crippen LogP contribution in [-0.2, 0) is 0 Å². The lowest BCUT2D eigenvalue weighted by molar-refractivity contribution is -0.0987. The Labute approximate surface area is 107 Å². The smallest absolute Gasteiger partial charge is 0.0915 e. The van der Waals surface area contributed by atoms with Crippen LogP contribution in [0.15, 0.2) is 24.8 Å². The van der Waals surface area contributed by atoms with Crippen LogP contribution < -0.4 is 0 Å². The van der Waals surface area contributed by atoms with Gasteiger partial charge in [0.1, 0.15) is 0 Å². The molecule has 17 heavy (non-hydrogen) atoms. The summed E-state index contributed by atoms with van der Waals surface area (Å²) in [6.07, 6.45) is 5.14. The van der Waals surface area contributed by atoms with Gasteiger partial charge in [0.25, 0.3) is 0 Å². The van der Waals surface area contributed by atoms with Crippen LogP contribution in [-0.4, -0.2) is 10.7 Å². The molecule has 0 aliphatic heterocycles. The second-order valence-electron chi connectivity index (χ2n) is 6.14. The predicted molar refractivity (Wildman–Crippen MR) is 74.8 cm³/mol. The normalized spacial score (nSPS) is 38.1. The second-order valence-corrected chi connectivity index (χ2v) is 6.14. The van der Waals surface area contributed by atoms with Gasteiger partial charge in [-0.15, -0.1) is 6.58 Å². The van der Waals surface area contributed by atoms with E-state index in [0.717, 1.165) is 18.4 Å². The molecule has 1 heteroatoms. The highest BCUT2D eigenvalue weighted by molar-refractivity contribution is 5.18. The van der Waals surface area contributed by atoms with Crippen molar-refractivity contribution >= 4 is 0 Å². The molecule has 1 N–H and O–H groups in total. The SMILES string of the molecule is C=CCC1[C@H](C)CC[C@@H](C(C)C)C1(O)C(=C)C. The van der Waals surface area contributed by atoms with E-state index in [-0.39, 0.29) is 5.92 Å². The van der Waals surface area contributed by atoms with Crippen LogP contribution in [0.4, 0.5) is 0 Å². The first-order valence-corrected chi connectivity index (χ1v) is 6.84. The maximum absolute atomic E-state index is 11.2. The Morgan fingerprint density at radius 3 is 2.47 bits per heavy atom. The van der Waals surface area contributed by atoms with Crippen LogP contribution in [0.5, 0.6) is 0 Å². The lowest BCUT2D eigenvalue weighted by atomic mass is 9.58. The fourth-order valence-corrected chi connectivity index (χ4v) is 3.64. The molecule has 1 saturated carbocycles. The van der Waals surface area contributed by atoms with Crippen LogP contribution in [0, 0.1) is 23.7 Å². The molecule has 0 radical (unpaired) electrons. The molecule has 0 bridgehead atoms. The zero-order chi connectivity index (χ0) is 13.2. The average Bonchev–Trinajstić information content (AvgIpc) is 2.23. The Morgan fingerprint density at radius 1 is 1.47 bits per heavy atom. The maximum atomic E-state index is 11.2. The van der Waals surface area contributed by atoms with E-state index < -0.39 is 5.60 Å². The van der Waals surface area contributed by atoms with Gasteiger partial charge in [0.15, 0.2) is 0 Å². The van der Waals surface area contributed by atoms with Crippen LogP contribution in [0.2, 0.25) is 0 Å². The molecule has 0 aromatic carbocycles. The van der Waals surface area contributed by atoms with Gasteiger partial charge in [0, 0.05) is 0 Å². The molecule has 0 heterocycles. The minimum atomic E-state index is -0.708. The van der Waals surface area contributed by atoms with Crippen LogP contribution >= 0.6 is 0 Å². The van der Waals surface area contributed by atoms with E-state index in [4.69, 9.17) is 0 Å². The van der Waals surface area contributed by atoms with Crippen molar-refractivity contribution in [2.24, 2.45) is 23.7 Å². The van der Waals surface area contributed by atoms with Crippen molar-refractivity contribution in [3.63, 3.8) is 0 Å². The summed E-state index contributed by atoms with van der Waals surface area (Å²) in [5, 5.41) is 11.2. The minimum absolute atomic E-state index is 0.277. The molecule has 0 aromatic rings. The molecule has 0 aromatic heterocycles. The van der Waals surface area contributed by atoms with Crippen LogP contribution in [0.3, 0.4) is 0 Å². The highest BCUT2D eigenvalue weighted by Gasteiger charge is 2.49. The highest BCUT2D eigenvalue weighted by Crippen LogP contribution is 2.49. The van der Waals surface area contributed by atoms with E-state index in [2.05, 4.69) is 33.9 Å². The number of aliphatic hydroxyl groups is 1. The molecule has 1 fully saturated rings. The first-order valence-electron chi connectivity index (χ1n) is 6.84. The summed E-state index contributed by atoms with van der Waals surface area (Å²) < 4.78 is 0. The molecular weight excluding hydrogens is 208 g/mol. The molecule has 98 valence electrons. The van der Waals surface area contributed by atoms with Gasteiger partial charge < -0.3 is 5.11 Å². The number of hydrogen-bond donors (Lipinski definition) is 1. The van der Waals surface area contributed by atoms with Crippen molar-refractivity contribution in [2.75, 3.05) is 0 Å². The third-order valence-corrected chi connectivity index (χ3v) is 4.66. The molecule has 0 spiro atoms. The largest absolute Gasteiger partial charge is 0.385 e. The summed E-state index contributed by atoms with van der Waals surface area (Å²) in [4.78, 5) is 0. The quantitative estimate of drug-likeness (QED) is 0.726. The van der Waals surface area contributed by atoms with Gasteiger partial charge in [-0.05, 0) is 55.4 Å². The molecule has 1 nitrogen and oxygen atoms in total. The minimum Gasteiger partial charge on any atom is -0.385 e. The van der Waals surface area contributed by atoms with Gasteiger partial charge in [-0.25, -0.2) is 0 Å². The number of allylic oxidation sites excluding steroid dienone is 1. The van der Waals surface area contributed by atoms with Crippen molar-refractivity contribution < 1.29 is 5.11 Å². The molecule has 1 aliphatic rings. The van der Waals surface area contributed by atoms with Gasteiger partial charge in [-0.1, -0.05) is 33.4 Å². The standard InChI is InChI=1S/C16H28O/c1-7-8-15-13(6)9-10-14(11(2)3)16(15,17)12(4)5/h7,11,13-15,17H,1,4,8-10H2,2-3,5-6H3/t13-,14+,15?,16?/m1/s1. The zero-order valence-electron chi connectivity index (χ0n) is 11.9. The van der Waals surface area contributed by atoms with Gasteiger partial charge in [-0.2, -0.15) is 0 Å². The van der Waals surface area contributed by atoms with E-state index in [1.54, 1.807) is 0 Å². The van der Waals surface area contributed by atoms with Crippen molar-refractivity contribution in [1.82, 2.24) is 0 Å². The Balaban J connectivity index is 3.13. The van der Waals surface area contributed by atoms with Gasteiger partial charge in [-0.3, -0.25) is 0 Å². The van der Waals surface area contributed by atoms with Crippen molar-refractivity contribution in [3.05, 3.63) is 24.8 Å². The Hall–Kier alpha value is -0.560. The summed E-state index contributed by atoms with van der Waals surface area (Å²) in [5.41, 5.74) is 0.217. The summed E-state index contributed by atoms with van der Waals surface area (Å²) in [6.45, 7) is 16.5. The highest BCUT2D eigenvalue weighted by atomic mass is 16.3. The fraction of sp³-hybridized carbons (Fsp3) is 0.750.